The normalized spacial score (nSPS) is 11.3. The number of halogens is 1. The van der Waals surface area contributed by atoms with Crippen LogP contribution in [0.4, 0.5) is 0 Å². The molecule has 0 aliphatic rings. The summed E-state index contributed by atoms with van der Waals surface area (Å²) < 4.78 is 6.23. The van der Waals surface area contributed by atoms with Crippen LogP contribution in [0.5, 0.6) is 5.88 Å². The Morgan fingerprint density at radius 3 is 2.91 bits per heavy atom. The molecule has 7 heteroatoms. The lowest BCUT2D eigenvalue weighted by Gasteiger charge is -2.07. The Balaban J connectivity index is 1.94. The van der Waals surface area contributed by atoms with Crippen molar-refractivity contribution < 1.29 is 9.53 Å². The van der Waals surface area contributed by atoms with Crippen LogP contribution in [-0.2, 0) is 6.61 Å². The van der Waals surface area contributed by atoms with E-state index in [9.17, 15) is 4.79 Å². The first-order valence-electron chi connectivity index (χ1n) is 6.49. The van der Waals surface area contributed by atoms with Gasteiger partial charge in [0.05, 0.1) is 6.07 Å². The predicted octanol–water partition coefficient (Wildman–Crippen LogP) is 2.46. The molecule has 1 N–H and O–H groups in total. The summed E-state index contributed by atoms with van der Waals surface area (Å²) in [6.07, 6.45) is 1.56. The lowest BCUT2D eigenvalue weighted by Crippen LogP contribution is -2.31. The quantitative estimate of drug-likeness (QED) is 0.827. The van der Waals surface area contributed by atoms with E-state index >= 15 is 0 Å². The van der Waals surface area contributed by atoms with Crippen LogP contribution in [0.2, 0.25) is 0 Å². The highest BCUT2D eigenvalue weighted by atomic mass is 79.9. The second kappa shape index (κ2) is 7.52. The van der Waals surface area contributed by atoms with Crippen LogP contribution in [0.1, 0.15) is 23.0 Å². The van der Waals surface area contributed by atoms with Crippen LogP contribution in [0, 0.1) is 11.3 Å². The molecule has 0 spiro atoms. The number of ether oxygens (including phenoxy) is 1. The number of rotatable bonds is 5. The third-order valence-electron chi connectivity index (χ3n) is 2.67. The van der Waals surface area contributed by atoms with Crippen LogP contribution < -0.4 is 10.1 Å². The van der Waals surface area contributed by atoms with E-state index in [0.29, 0.717) is 17.1 Å². The average molecular weight is 361 g/mol. The molecular weight excluding hydrogens is 348 g/mol. The molecular formula is C15H13BrN4O2. The Bertz CT molecular complexity index is 697. The number of nitrogens with zero attached hydrogens (tertiary/aromatic N) is 3. The van der Waals surface area contributed by atoms with Crippen molar-refractivity contribution in [1.29, 1.82) is 5.26 Å². The van der Waals surface area contributed by atoms with Gasteiger partial charge in [0.15, 0.2) is 0 Å². The number of carbonyl (C=O) groups excluding carboxylic acids is 1. The van der Waals surface area contributed by atoms with Crippen molar-refractivity contribution in [3.63, 3.8) is 0 Å². The number of amides is 1. The van der Waals surface area contributed by atoms with Gasteiger partial charge in [0.1, 0.15) is 22.9 Å². The number of hydrogen-bond donors (Lipinski definition) is 1. The van der Waals surface area contributed by atoms with E-state index in [2.05, 4.69) is 31.2 Å². The minimum atomic E-state index is -0.556. The Kier molecular flexibility index (Phi) is 5.44. The summed E-state index contributed by atoms with van der Waals surface area (Å²) in [5.41, 5.74) is 1.07. The number of carbonyl (C=O) groups is 1. The average Bonchev–Trinajstić information content (AvgIpc) is 2.53. The number of hydrogen-bond acceptors (Lipinski definition) is 5. The summed E-state index contributed by atoms with van der Waals surface area (Å²) in [7, 11) is 0. The van der Waals surface area contributed by atoms with Crippen LogP contribution in [-0.4, -0.2) is 21.9 Å². The summed E-state index contributed by atoms with van der Waals surface area (Å²) in [4.78, 5) is 20.0. The van der Waals surface area contributed by atoms with Crippen molar-refractivity contribution in [1.82, 2.24) is 15.3 Å². The first-order chi connectivity index (χ1) is 10.6. The molecule has 0 aliphatic heterocycles. The van der Waals surface area contributed by atoms with Crippen LogP contribution in [0.3, 0.4) is 0 Å². The molecule has 2 rings (SSSR count). The highest BCUT2D eigenvalue weighted by Gasteiger charge is 2.10. The second-order valence-corrected chi connectivity index (χ2v) is 5.28. The van der Waals surface area contributed by atoms with Gasteiger partial charge in [-0.05, 0) is 35.0 Å². The lowest BCUT2D eigenvalue weighted by molar-refractivity contribution is 0.0942. The smallest absolute Gasteiger partial charge is 0.270 e. The van der Waals surface area contributed by atoms with Crippen LogP contribution in [0.15, 0.2) is 41.1 Å². The SMILES string of the molecule is CC(C#N)NC(=O)c1ccc(COc2cccc(Br)n2)cn1. The second-order valence-electron chi connectivity index (χ2n) is 4.46. The molecule has 1 amide bonds. The first-order valence-corrected chi connectivity index (χ1v) is 7.28. The molecule has 2 aromatic heterocycles. The van der Waals surface area contributed by atoms with E-state index in [1.807, 2.05) is 18.2 Å². The molecule has 0 bridgehead atoms. The topological polar surface area (TPSA) is 87.9 Å². The molecule has 112 valence electrons. The van der Waals surface area contributed by atoms with Gasteiger partial charge in [0.2, 0.25) is 5.88 Å². The van der Waals surface area contributed by atoms with E-state index in [4.69, 9.17) is 10.00 Å². The fourth-order valence-electron chi connectivity index (χ4n) is 1.57. The number of nitriles is 1. The molecule has 0 radical (unpaired) electrons. The maximum absolute atomic E-state index is 11.8. The third-order valence-corrected chi connectivity index (χ3v) is 3.12. The summed E-state index contributed by atoms with van der Waals surface area (Å²) >= 11 is 3.27. The summed E-state index contributed by atoms with van der Waals surface area (Å²) in [6.45, 7) is 1.90. The van der Waals surface area contributed by atoms with Crippen molar-refractivity contribution in [2.75, 3.05) is 0 Å². The molecule has 1 atom stereocenters. The highest BCUT2D eigenvalue weighted by Crippen LogP contribution is 2.13. The molecule has 0 saturated heterocycles. The zero-order chi connectivity index (χ0) is 15.9. The standard InChI is InChI=1S/C15H13BrN4O2/c1-10(7-17)19-15(21)12-6-5-11(8-18-12)9-22-14-4-2-3-13(16)20-14/h2-6,8,10H,9H2,1H3,(H,19,21). The monoisotopic (exact) mass is 360 g/mol. The molecule has 1 unspecified atom stereocenters. The Hall–Kier alpha value is -2.46. The van der Waals surface area contributed by atoms with Gasteiger partial charge < -0.3 is 10.1 Å². The molecule has 22 heavy (non-hydrogen) atoms. The van der Waals surface area contributed by atoms with Gasteiger partial charge in [-0.15, -0.1) is 0 Å². The minimum absolute atomic E-state index is 0.256. The zero-order valence-electron chi connectivity index (χ0n) is 11.8. The van der Waals surface area contributed by atoms with E-state index < -0.39 is 6.04 Å². The van der Waals surface area contributed by atoms with Crippen molar-refractivity contribution in [2.45, 2.75) is 19.6 Å². The van der Waals surface area contributed by atoms with Crippen molar-refractivity contribution >= 4 is 21.8 Å². The fourth-order valence-corrected chi connectivity index (χ4v) is 1.90. The highest BCUT2D eigenvalue weighted by molar-refractivity contribution is 9.10. The Morgan fingerprint density at radius 1 is 1.45 bits per heavy atom. The molecule has 2 heterocycles. The van der Waals surface area contributed by atoms with Crippen molar-refractivity contribution in [3.05, 3.63) is 52.4 Å². The van der Waals surface area contributed by atoms with Gasteiger partial charge in [-0.3, -0.25) is 9.78 Å². The lowest BCUT2D eigenvalue weighted by atomic mass is 10.2. The van der Waals surface area contributed by atoms with Gasteiger partial charge in [0.25, 0.3) is 5.91 Å². The first kappa shape index (κ1) is 15.9. The fraction of sp³-hybridized carbons (Fsp3) is 0.200. The molecule has 0 aromatic carbocycles. The molecule has 0 aliphatic carbocycles. The van der Waals surface area contributed by atoms with Crippen molar-refractivity contribution in [2.24, 2.45) is 0 Å². The summed E-state index contributed by atoms with van der Waals surface area (Å²) in [6, 6.07) is 10.1. The van der Waals surface area contributed by atoms with Gasteiger partial charge in [-0.1, -0.05) is 12.1 Å². The summed E-state index contributed by atoms with van der Waals surface area (Å²) in [5, 5.41) is 11.2. The van der Waals surface area contributed by atoms with Crippen LogP contribution in [0.25, 0.3) is 0 Å². The van der Waals surface area contributed by atoms with Gasteiger partial charge in [-0.2, -0.15) is 5.26 Å². The third kappa shape index (κ3) is 4.53. The number of aromatic nitrogens is 2. The Labute approximate surface area is 136 Å². The Morgan fingerprint density at radius 2 is 2.27 bits per heavy atom. The largest absolute Gasteiger partial charge is 0.473 e. The van der Waals surface area contributed by atoms with Gasteiger partial charge in [0, 0.05) is 17.8 Å². The van der Waals surface area contributed by atoms with Crippen molar-refractivity contribution in [3.8, 4) is 11.9 Å². The van der Waals surface area contributed by atoms with Gasteiger partial charge >= 0.3 is 0 Å². The zero-order valence-corrected chi connectivity index (χ0v) is 13.4. The number of pyridine rings is 2. The molecule has 6 nitrogen and oxygen atoms in total. The van der Waals surface area contributed by atoms with Gasteiger partial charge in [-0.25, -0.2) is 4.98 Å². The molecule has 0 fully saturated rings. The van der Waals surface area contributed by atoms with E-state index in [0.717, 1.165) is 5.56 Å². The van der Waals surface area contributed by atoms with E-state index in [1.165, 1.54) is 0 Å². The molecule has 0 saturated carbocycles. The van der Waals surface area contributed by atoms with E-state index in [-0.39, 0.29) is 11.6 Å². The van der Waals surface area contributed by atoms with Crippen LogP contribution >= 0.6 is 15.9 Å². The maximum Gasteiger partial charge on any atom is 0.270 e. The number of nitrogens with one attached hydrogen (secondary N) is 1. The van der Waals surface area contributed by atoms with E-state index in [1.54, 1.807) is 31.3 Å². The maximum atomic E-state index is 11.8. The predicted molar refractivity (Wildman–Crippen MR) is 83.0 cm³/mol. The minimum Gasteiger partial charge on any atom is -0.473 e. The summed E-state index contributed by atoms with van der Waals surface area (Å²) in [5.74, 6) is 0.120. The molecule has 2 aromatic rings.